The topological polar surface area (TPSA) is 113 Å². The van der Waals surface area contributed by atoms with Gasteiger partial charge in [-0.25, -0.2) is 27.6 Å². The number of primary sulfonamides is 1. The van der Waals surface area contributed by atoms with Crippen LogP contribution in [0.4, 0.5) is 4.39 Å². The molecule has 0 aliphatic heterocycles. The lowest BCUT2D eigenvalue weighted by Gasteiger charge is -2.20. The summed E-state index contributed by atoms with van der Waals surface area (Å²) >= 11 is 0. The summed E-state index contributed by atoms with van der Waals surface area (Å²) in [5.74, 6) is 0.286. The first-order chi connectivity index (χ1) is 16.8. The molecule has 0 bridgehead atoms. The molecule has 2 N–H and O–H groups in total. The molecule has 11 heteroatoms. The van der Waals surface area contributed by atoms with Crippen molar-refractivity contribution in [2.45, 2.75) is 31.7 Å². The molecule has 1 aromatic heterocycles. The van der Waals surface area contributed by atoms with Gasteiger partial charge in [-0.15, -0.1) is 5.10 Å². The molecule has 1 heterocycles. The lowest BCUT2D eigenvalue weighted by molar-refractivity contribution is 0.0787. The fourth-order valence-electron chi connectivity index (χ4n) is 3.53. The molecule has 9 nitrogen and oxygen atoms in total. The minimum atomic E-state index is -4.03. The van der Waals surface area contributed by atoms with Crippen molar-refractivity contribution in [3.05, 3.63) is 71.6 Å². The van der Waals surface area contributed by atoms with Crippen molar-refractivity contribution >= 4 is 10.0 Å². The second-order valence-electron chi connectivity index (χ2n) is 7.85. The van der Waals surface area contributed by atoms with Gasteiger partial charge in [-0.3, -0.25) is 4.90 Å². The molecule has 0 saturated heterocycles. The lowest BCUT2D eigenvalue weighted by Crippen LogP contribution is -2.31. The summed E-state index contributed by atoms with van der Waals surface area (Å²) in [6, 6.07) is 13.2. The number of rotatable bonds is 14. The molecule has 0 aliphatic rings. The Hall–Kier alpha value is -2.70. The average molecular weight is 506 g/mol. The Bertz CT molecular complexity index is 1180. The second kappa shape index (κ2) is 12.8. The normalized spacial score (nSPS) is 11.9. The zero-order valence-corrected chi connectivity index (χ0v) is 20.9. The van der Waals surface area contributed by atoms with E-state index in [0.717, 1.165) is 11.6 Å². The number of hydrogen-bond donors (Lipinski definition) is 1. The van der Waals surface area contributed by atoms with Crippen LogP contribution in [0.15, 0.2) is 53.4 Å². The number of benzene rings is 2. The molecule has 0 radical (unpaired) electrons. The Morgan fingerprint density at radius 3 is 2.26 bits per heavy atom. The number of nitrogens with two attached hydrogens (primary N) is 1. The van der Waals surface area contributed by atoms with Crippen molar-refractivity contribution in [2.24, 2.45) is 5.14 Å². The van der Waals surface area contributed by atoms with Crippen molar-refractivity contribution in [3.63, 3.8) is 0 Å². The van der Waals surface area contributed by atoms with Crippen LogP contribution in [-0.2, 0) is 32.5 Å². The fraction of sp³-hybridized carbons (Fsp3) is 0.417. The van der Waals surface area contributed by atoms with Crippen LogP contribution >= 0.6 is 0 Å². The van der Waals surface area contributed by atoms with E-state index in [-0.39, 0.29) is 10.6 Å². The number of nitrogens with zero attached hydrogens (tertiary/aromatic N) is 4. The van der Waals surface area contributed by atoms with Crippen LogP contribution in [0.3, 0.4) is 0 Å². The molecule has 2 aromatic carbocycles. The van der Waals surface area contributed by atoms with Gasteiger partial charge in [-0.1, -0.05) is 30.3 Å². The third-order valence-electron chi connectivity index (χ3n) is 5.28. The van der Waals surface area contributed by atoms with Gasteiger partial charge in [-0.2, -0.15) is 0 Å². The van der Waals surface area contributed by atoms with E-state index in [1.165, 1.54) is 16.8 Å². The minimum Gasteiger partial charge on any atom is -0.380 e. The first-order valence-electron chi connectivity index (χ1n) is 11.5. The number of halogens is 1. The van der Waals surface area contributed by atoms with Crippen LogP contribution in [0.1, 0.15) is 31.1 Å². The zero-order valence-electron chi connectivity index (χ0n) is 20.1. The molecule has 0 unspecified atom stereocenters. The summed E-state index contributed by atoms with van der Waals surface area (Å²) in [4.78, 5) is 6.53. The van der Waals surface area contributed by atoms with Crippen LogP contribution in [-0.4, -0.2) is 67.6 Å². The van der Waals surface area contributed by atoms with E-state index in [2.05, 4.69) is 10.00 Å². The van der Waals surface area contributed by atoms with Crippen LogP contribution in [0.5, 0.6) is 0 Å². The lowest BCUT2D eigenvalue weighted by atomic mass is 10.1. The number of aromatic nitrogens is 3. The van der Waals surface area contributed by atoms with Gasteiger partial charge in [0.1, 0.15) is 17.3 Å². The summed E-state index contributed by atoms with van der Waals surface area (Å²) in [6.45, 7) is 8.02. The Morgan fingerprint density at radius 2 is 1.69 bits per heavy atom. The standard InChI is InChI=1S/C24H32FN5O4S/c1-3-33-14-12-29(13-15-34-4-2)18-23-27-24(16-19-8-6-5-7-9-19)30(28-23)22-11-10-20(17-21(22)25)35(26,31)32/h5-11,17H,3-4,12-16,18H2,1-2H3,(H2,26,31,32). The molecular formula is C24H32FN5O4S. The highest BCUT2D eigenvalue weighted by atomic mass is 32.2. The maximum absolute atomic E-state index is 15.0. The predicted molar refractivity (Wildman–Crippen MR) is 130 cm³/mol. The highest BCUT2D eigenvalue weighted by molar-refractivity contribution is 7.89. The molecule has 0 aliphatic carbocycles. The first-order valence-corrected chi connectivity index (χ1v) is 13.1. The quantitative estimate of drug-likeness (QED) is 0.335. The van der Waals surface area contributed by atoms with Crippen LogP contribution in [0.2, 0.25) is 0 Å². The third-order valence-corrected chi connectivity index (χ3v) is 6.19. The molecule has 3 rings (SSSR count). The average Bonchev–Trinajstić information content (AvgIpc) is 3.20. The highest BCUT2D eigenvalue weighted by Gasteiger charge is 2.19. The van der Waals surface area contributed by atoms with Gasteiger partial charge < -0.3 is 9.47 Å². The molecule has 0 fully saturated rings. The molecule has 3 aromatic rings. The summed E-state index contributed by atoms with van der Waals surface area (Å²) < 4.78 is 50.7. The van der Waals surface area contributed by atoms with Crippen molar-refractivity contribution in [1.82, 2.24) is 19.7 Å². The predicted octanol–water partition coefficient (Wildman–Crippen LogP) is 2.52. The molecule has 0 atom stereocenters. The van der Waals surface area contributed by atoms with Crippen LogP contribution < -0.4 is 5.14 Å². The molecule has 190 valence electrons. The summed E-state index contributed by atoms with van der Waals surface area (Å²) in [6.07, 6.45) is 0.419. The first kappa shape index (κ1) is 26.9. The van der Waals surface area contributed by atoms with Crippen LogP contribution in [0.25, 0.3) is 5.69 Å². The summed E-state index contributed by atoms with van der Waals surface area (Å²) in [5, 5.41) is 9.74. The minimum absolute atomic E-state index is 0.0947. The Labute approximate surface area is 205 Å². The summed E-state index contributed by atoms with van der Waals surface area (Å²) in [5.41, 5.74) is 1.08. The van der Waals surface area contributed by atoms with E-state index < -0.39 is 15.8 Å². The van der Waals surface area contributed by atoms with E-state index in [0.29, 0.717) is 64.1 Å². The van der Waals surface area contributed by atoms with E-state index in [9.17, 15) is 8.42 Å². The third kappa shape index (κ3) is 7.91. The molecular weight excluding hydrogens is 473 g/mol. The van der Waals surface area contributed by atoms with Gasteiger partial charge in [0.15, 0.2) is 5.82 Å². The maximum Gasteiger partial charge on any atom is 0.238 e. The van der Waals surface area contributed by atoms with E-state index in [1.807, 2.05) is 44.2 Å². The van der Waals surface area contributed by atoms with Gasteiger partial charge in [0, 0.05) is 32.7 Å². The SMILES string of the molecule is CCOCCN(CCOCC)Cc1nc(Cc2ccccc2)n(-c2ccc(S(N)(=O)=O)cc2F)n1. The molecule has 0 spiro atoms. The fourth-order valence-corrected chi connectivity index (χ4v) is 4.05. The van der Waals surface area contributed by atoms with Gasteiger partial charge in [0.2, 0.25) is 10.0 Å². The zero-order chi connectivity index (χ0) is 25.3. The van der Waals surface area contributed by atoms with E-state index >= 15 is 4.39 Å². The van der Waals surface area contributed by atoms with Crippen LogP contribution in [0, 0.1) is 5.82 Å². The largest absolute Gasteiger partial charge is 0.380 e. The highest BCUT2D eigenvalue weighted by Crippen LogP contribution is 2.20. The van der Waals surface area contributed by atoms with E-state index in [1.54, 1.807) is 0 Å². The summed E-state index contributed by atoms with van der Waals surface area (Å²) in [7, 11) is -4.03. The van der Waals surface area contributed by atoms with E-state index in [4.69, 9.17) is 19.6 Å². The van der Waals surface area contributed by atoms with Gasteiger partial charge >= 0.3 is 0 Å². The maximum atomic E-state index is 15.0. The van der Waals surface area contributed by atoms with Crippen molar-refractivity contribution in [1.29, 1.82) is 0 Å². The second-order valence-corrected chi connectivity index (χ2v) is 9.41. The van der Waals surface area contributed by atoms with Gasteiger partial charge in [0.05, 0.1) is 24.7 Å². The Balaban J connectivity index is 1.94. The van der Waals surface area contributed by atoms with Crippen molar-refractivity contribution in [2.75, 3.05) is 39.5 Å². The Kier molecular flexibility index (Phi) is 9.87. The van der Waals surface area contributed by atoms with Crippen molar-refractivity contribution in [3.8, 4) is 5.69 Å². The smallest absolute Gasteiger partial charge is 0.238 e. The van der Waals surface area contributed by atoms with Gasteiger partial charge in [-0.05, 0) is 37.6 Å². The molecule has 35 heavy (non-hydrogen) atoms. The molecule has 0 amide bonds. The number of sulfonamides is 1. The monoisotopic (exact) mass is 505 g/mol. The molecule has 0 saturated carbocycles. The van der Waals surface area contributed by atoms with Gasteiger partial charge in [0.25, 0.3) is 0 Å². The van der Waals surface area contributed by atoms with Crippen molar-refractivity contribution < 1.29 is 22.3 Å². The number of hydrogen-bond acceptors (Lipinski definition) is 7. The Morgan fingerprint density at radius 1 is 1.03 bits per heavy atom. The number of ether oxygens (including phenoxy) is 2.